The molecule has 0 atom stereocenters. The number of nitrogens with zero attached hydrogens (tertiary/aromatic N) is 4. The Labute approximate surface area is 492 Å². The summed E-state index contributed by atoms with van der Waals surface area (Å²) >= 11 is 0. The number of hydrogen-bond acceptors (Lipinski definition) is 11. The smallest absolute Gasteiger partial charge is 0.334 e. The molecule has 8 aromatic rings. The third kappa shape index (κ3) is 15.0. The maximum atomic E-state index is 13.2. The fraction of sp³-hybridized carbons (Fsp3) is 0.309. The molecular formula is C68H78N6O7Si2. The molecule has 0 saturated carbocycles. The van der Waals surface area contributed by atoms with Gasteiger partial charge in [0.2, 0.25) is 11.8 Å². The van der Waals surface area contributed by atoms with Crippen molar-refractivity contribution in [2.24, 2.45) is 0 Å². The quantitative estimate of drug-likeness (QED) is 0.0375. The first-order valence-electron chi connectivity index (χ1n) is 29.2. The van der Waals surface area contributed by atoms with Crippen LogP contribution in [0, 0.1) is 0 Å². The van der Waals surface area contributed by atoms with E-state index in [9.17, 15) is 9.59 Å². The number of para-hydroxylation sites is 2. The van der Waals surface area contributed by atoms with Crippen molar-refractivity contribution in [1.29, 1.82) is 0 Å². The van der Waals surface area contributed by atoms with Gasteiger partial charge in [-0.05, 0) is 147 Å². The number of carbonyl (C=O) groups excluding carboxylic acids is 2. The molecule has 0 fully saturated rings. The largest absolute Gasteiger partial charge is 0.422 e. The van der Waals surface area contributed by atoms with Gasteiger partial charge in [-0.1, -0.05) is 147 Å². The van der Waals surface area contributed by atoms with Gasteiger partial charge in [0, 0.05) is 56.1 Å². The van der Waals surface area contributed by atoms with E-state index in [0.29, 0.717) is 56.9 Å². The van der Waals surface area contributed by atoms with Gasteiger partial charge in [0.15, 0.2) is 17.4 Å². The molecule has 13 nitrogen and oxygen atoms in total. The molecule has 2 amide bonds. The van der Waals surface area contributed by atoms with Crippen molar-refractivity contribution < 1.29 is 32.0 Å². The lowest BCUT2D eigenvalue weighted by molar-refractivity contribution is -0.121. The Hall–Kier alpha value is -7.64. The minimum absolute atomic E-state index is 0.0122. The number of hydrogen-bond donors (Lipinski definition) is 2. The SMILES string of the molecule is CCO[Si](C)(CCCNC(=O)Cc1ccc(-c2ccc3c(c2)C(C)(C)c2cc(-c4ccc(CC(=O)NCCC[Si](C)(OCC)OCC)cc4)ccc2N3c2ccccc2Oc2nc(-c3ccccc3)nc(-c3ccccc3)n2)cc1)OCC. The third-order valence-corrected chi connectivity index (χ3v) is 21.3. The summed E-state index contributed by atoms with van der Waals surface area (Å²) in [5, 5.41) is 6.22. The molecule has 1 aliphatic rings. The molecule has 2 heterocycles. The zero-order chi connectivity index (χ0) is 58.4. The first-order valence-corrected chi connectivity index (χ1v) is 34.3. The van der Waals surface area contributed by atoms with Crippen LogP contribution in [0.15, 0.2) is 170 Å². The number of carbonyl (C=O) groups is 2. The van der Waals surface area contributed by atoms with Crippen molar-refractivity contribution in [1.82, 2.24) is 25.6 Å². The van der Waals surface area contributed by atoms with Crippen LogP contribution in [0.2, 0.25) is 25.2 Å². The number of rotatable bonds is 27. The first-order chi connectivity index (χ1) is 40.2. The first kappa shape index (κ1) is 60.0. The van der Waals surface area contributed by atoms with Crippen LogP contribution in [-0.4, -0.2) is 83.4 Å². The van der Waals surface area contributed by atoms with Crippen molar-refractivity contribution in [2.45, 2.75) is 97.8 Å². The number of anilines is 3. The van der Waals surface area contributed by atoms with E-state index < -0.39 is 22.5 Å². The van der Waals surface area contributed by atoms with Crippen molar-refractivity contribution in [3.63, 3.8) is 0 Å². The second-order valence-corrected chi connectivity index (χ2v) is 28.3. The Morgan fingerprint density at radius 2 is 0.867 bits per heavy atom. The number of ether oxygens (including phenoxy) is 1. The summed E-state index contributed by atoms with van der Waals surface area (Å²) in [5.74, 6) is 1.54. The predicted octanol–water partition coefficient (Wildman–Crippen LogP) is 14.8. The standard InChI is InChI=1S/C68H78N6O7Si2/c1-9-77-82(7,78-10-2)43-21-41-69-63(75)45-49-29-33-51(34-30-49)55-37-39-59-57(47-55)68(5,6)58-48-56(52-35-31-50(32-36-52)46-64(76)70-42-22-44-83(8,79-11-3)80-12-4)38-40-60(58)74(59)61-27-19-20-28-62(61)81-67-72-65(53-23-15-13-16-24-53)71-66(73-67)54-25-17-14-18-26-54/h13-20,23-40,47-48H,9-12,21-22,41-46H2,1-8H3,(H,69,75)(H,70,76). The predicted molar refractivity (Wildman–Crippen MR) is 337 cm³/mol. The average molecular weight is 1150 g/mol. The fourth-order valence-electron chi connectivity index (χ4n) is 11.0. The van der Waals surface area contributed by atoms with Crippen molar-refractivity contribution in [2.75, 3.05) is 44.4 Å². The molecule has 0 unspecified atom stereocenters. The van der Waals surface area contributed by atoms with E-state index in [4.69, 9.17) is 37.4 Å². The van der Waals surface area contributed by atoms with E-state index in [1.54, 1.807) is 0 Å². The molecule has 7 aromatic carbocycles. The molecule has 2 N–H and O–H groups in total. The molecule has 1 aliphatic heterocycles. The average Bonchev–Trinajstić information content (AvgIpc) is 2.63. The monoisotopic (exact) mass is 1150 g/mol. The highest BCUT2D eigenvalue weighted by Crippen LogP contribution is 2.55. The van der Waals surface area contributed by atoms with Gasteiger partial charge in [-0.15, -0.1) is 0 Å². The molecule has 1 aromatic heterocycles. The number of amides is 2. The van der Waals surface area contributed by atoms with Gasteiger partial charge in [0.1, 0.15) is 0 Å². The van der Waals surface area contributed by atoms with E-state index in [0.717, 1.165) is 97.6 Å². The molecule has 0 aliphatic carbocycles. The van der Waals surface area contributed by atoms with Gasteiger partial charge >= 0.3 is 23.1 Å². The Balaban J connectivity index is 1.02. The maximum Gasteiger partial charge on any atom is 0.334 e. The van der Waals surface area contributed by atoms with Gasteiger partial charge in [-0.25, -0.2) is 4.98 Å². The Kier molecular flexibility index (Phi) is 20.0. The lowest BCUT2D eigenvalue weighted by Gasteiger charge is -2.42. The lowest BCUT2D eigenvalue weighted by atomic mass is 9.72. The minimum Gasteiger partial charge on any atom is -0.422 e. The van der Waals surface area contributed by atoms with E-state index in [-0.39, 0.29) is 30.7 Å². The molecule has 0 spiro atoms. The summed E-state index contributed by atoms with van der Waals surface area (Å²) in [4.78, 5) is 43.3. The summed E-state index contributed by atoms with van der Waals surface area (Å²) < 4.78 is 30.8. The van der Waals surface area contributed by atoms with Crippen LogP contribution in [0.3, 0.4) is 0 Å². The van der Waals surface area contributed by atoms with Crippen molar-refractivity contribution in [3.05, 3.63) is 192 Å². The van der Waals surface area contributed by atoms with E-state index in [2.05, 4.69) is 109 Å². The molecule has 430 valence electrons. The highest BCUT2D eigenvalue weighted by atomic mass is 28.4. The van der Waals surface area contributed by atoms with Crippen LogP contribution >= 0.6 is 0 Å². The van der Waals surface area contributed by atoms with Crippen LogP contribution in [0.5, 0.6) is 11.8 Å². The van der Waals surface area contributed by atoms with Crippen LogP contribution in [-0.2, 0) is 45.5 Å². The van der Waals surface area contributed by atoms with Crippen LogP contribution in [0.25, 0.3) is 45.0 Å². The highest BCUT2D eigenvalue weighted by Gasteiger charge is 2.39. The van der Waals surface area contributed by atoms with Crippen LogP contribution in [0.4, 0.5) is 17.1 Å². The molecule has 0 saturated heterocycles. The summed E-state index contributed by atoms with van der Waals surface area (Å²) in [5.41, 5.74) is 12.3. The Morgan fingerprint density at radius 1 is 0.470 bits per heavy atom. The normalized spacial score (nSPS) is 12.8. The van der Waals surface area contributed by atoms with E-state index >= 15 is 0 Å². The second kappa shape index (κ2) is 27.6. The second-order valence-electron chi connectivity index (χ2n) is 21.6. The topological polar surface area (TPSA) is 146 Å². The van der Waals surface area contributed by atoms with Crippen molar-refractivity contribution >= 4 is 46.0 Å². The summed E-state index contributed by atoms with van der Waals surface area (Å²) in [6.07, 6.45) is 2.18. The summed E-state index contributed by atoms with van der Waals surface area (Å²) in [7, 11) is -4.49. The number of benzene rings is 7. The molecule has 0 bridgehead atoms. The zero-order valence-electron chi connectivity index (χ0n) is 49.3. The van der Waals surface area contributed by atoms with Gasteiger partial charge in [0.25, 0.3) is 0 Å². The molecular weight excluding hydrogens is 1070 g/mol. The maximum absolute atomic E-state index is 13.2. The van der Waals surface area contributed by atoms with Gasteiger partial charge in [0.05, 0.1) is 29.9 Å². The summed E-state index contributed by atoms with van der Waals surface area (Å²) in [6, 6.07) is 59.5. The van der Waals surface area contributed by atoms with Gasteiger partial charge in [-0.3, -0.25) is 9.59 Å². The van der Waals surface area contributed by atoms with E-state index in [1.807, 2.05) is 131 Å². The summed E-state index contributed by atoms with van der Waals surface area (Å²) in [6.45, 7) is 20.4. The lowest BCUT2D eigenvalue weighted by Crippen LogP contribution is -2.39. The minimum atomic E-state index is -2.25. The third-order valence-electron chi connectivity index (χ3n) is 15.2. The van der Waals surface area contributed by atoms with Crippen molar-refractivity contribution in [3.8, 4) is 56.8 Å². The van der Waals surface area contributed by atoms with E-state index in [1.165, 1.54) is 0 Å². The molecule has 83 heavy (non-hydrogen) atoms. The van der Waals surface area contributed by atoms with Gasteiger partial charge < -0.3 is 38.0 Å². The Morgan fingerprint density at radius 3 is 1.29 bits per heavy atom. The van der Waals surface area contributed by atoms with Gasteiger partial charge in [-0.2, -0.15) is 9.97 Å². The van der Waals surface area contributed by atoms with Crippen LogP contribution in [0.1, 0.15) is 76.6 Å². The Bertz CT molecular complexity index is 3250. The zero-order valence-corrected chi connectivity index (χ0v) is 51.3. The highest BCUT2D eigenvalue weighted by molar-refractivity contribution is 6.66. The molecule has 9 rings (SSSR count). The fourth-order valence-corrected chi connectivity index (χ4v) is 15.8. The van der Waals surface area contributed by atoms with Crippen LogP contribution < -0.4 is 20.3 Å². The molecule has 15 heteroatoms. The number of fused-ring (bicyclic) bond motifs is 2. The number of nitrogens with one attached hydrogen (secondary N) is 2. The number of aromatic nitrogens is 3. The molecule has 0 radical (unpaired) electrons.